The van der Waals surface area contributed by atoms with Gasteiger partial charge in [0.25, 0.3) is 0 Å². The molecule has 0 aromatic carbocycles. The number of aliphatic imine (C=N–C) groups is 1. The summed E-state index contributed by atoms with van der Waals surface area (Å²) in [6, 6.07) is 0. The molecule has 4 saturated carbocycles. The van der Waals surface area contributed by atoms with Gasteiger partial charge in [0.05, 0.1) is 5.54 Å². The number of thioether (sulfide) groups is 1. The van der Waals surface area contributed by atoms with Crippen LogP contribution in [0.5, 0.6) is 0 Å². The fraction of sp³-hybridized carbons (Fsp3) is 0.938. The van der Waals surface area contributed by atoms with Crippen molar-refractivity contribution < 1.29 is 4.74 Å². The van der Waals surface area contributed by atoms with Gasteiger partial charge in [0.2, 0.25) is 5.23 Å². The molecular formula is C16H25NOS. The fourth-order valence-corrected chi connectivity index (χ4v) is 6.54. The van der Waals surface area contributed by atoms with Gasteiger partial charge in [-0.3, -0.25) is 0 Å². The van der Waals surface area contributed by atoms with Crippen molar-refractivity contribution >= 4 is 17.0 Å². The molecule has 0 unspecified atom stereocenters. The summed E-state index contributed by atoms with van der Waals surface area (Å²) in [5.41, 5.74) is 0.155. The minimum absolute atomic E-state index is 0.0141. The first kappa shape index (κ1) is 12.6. The maximum atomic E-state index is 6.51. The van der Waals surface area contributed by atoms with Crippen molar-refractivity contribution in [3.05, 3.63) is 0 Å². The fourth-order valence-electron chi connectivity index (χ4n) is 5.11. The van der Waals surface area contributed by atoms with Gasteiger partial charge in [0.15, 0.2) is 0 Å². The van der Waals surface area contributed by atoms with Gasteiger partial charge in [-0.25, -0.2) is 4.99 Å². The van der Waals surface area contributed by atoms with Crippen LogP contribution in [0.1, 0.15) is 52.9 Å². The molecule has 4 bridgehead atoms. The van der Waals surface area contributed by atoms with Crippen molar-refractivity contribution in [1.82, 2.24) is 0 Å². The van der Waals surface area contributed by atoms with Gasteiger partial charge >= 0.3 is 0 Å². The predicted molar refractivity (Wildman–Crippen MR) is 80.5 cm³/mol. The number of hydrogen-bond donors (Lipinski definition) is 0. The molecule has 1 aliphatic heterocycles. The maximum absolute atomic E-state index is 6.51. The molecule has 5 fully saturated rings. The van der Waals surface area contributed by atoms with Crippen LogP contribution in [0, 0.1) is 23.7 Å². The van der Waals surface area contributed by atoms with Gasteiger partial charge in [-0.15, -0.1) is 0 Å². The van der Waals surface area contributed by atoms with E-state index in [0.717, 1.165) is 34.7 Å². The van der Waals surface area contributed by atoms with Crippen LogP contribution in [0.2, 0.25) is 0 Å². The van der Waals surface area contributed by atoms with E-state index < -0.39 is 0 Å². The molecule has 19 heavy (non-hydrogen) atoms. The highest BCUT2D eigenvalue weighted by molar-refractivity contribution is 8.13. The Balaban J connectivity index is 1.61. The maximum Gasteiger partial charge on any atom is 0.247 e. The zero-order valence-corrected chi connectivity index (χ0v) is 13.1. The van der Waals surface area contributed by atoms with Crippen LogP contribution in [0.4, 0.5) is 0 Å². The van der Waals surface area contributed by atoms with E-state index in [1.165, 1.54) is 32.1 Å². The molecule has 0 aromatic rings. The SMILES string of the molecule is CC(C)(C)N=C1OC2(CS1)C1CC3CC(C1)CC2C3. The molecule has 1 saturated heterocycles. The van der Waals surface area contributed by atoms with Crippen LogP contribution >= 0.6 is 11.8 Å². The van der Waals surface area contributed by atoms with Gasteiger partial charge in [0.1, 0.15) is 5.60 Å². The Kier molecular flexibility index (Phi) is 2.60. The van der Waals surface area contributed by atoms with Gasteiger partial charge < -0.3 is 4.74 Å². The zero-order valence-electron chi connectivity index (χ0n) is 12.3. The normalized spacial score (nSPS) is 50.2. The highest BCUT2D eigenvalue weighted by Crippen LogP contribution is 2.62. The van der Waals surface area contributed by atoms with E-state index >= 15 is 0 Å². The molecule has 0 atom stereocenters. The molecule has 1 heterocycles. The molecule has 0 aromatic heterocycles. The average molecular weight is 279 g/mol. The van der Waals surface area contributed by atoms with Crippen molar-refractivity contribution in [2.75, 3.05) is 5.75 Å². The second-order valence-corrected chi connectivity index (χ2v) is 9.13. The third-order valence-electron chi connectivity index (χ3n) is 5.65. The molecule has 2 nitrogen and oxygen atoms in total. The smallest absolute Gasteiger partial charge is 0.247 e. The summed E-state index contributed by atoms with van der Waals surface area (Å²) >= 11 is 1.88. The van der Waals surface area contributed by atoms with Gasteiger partial charge in [-0.1, -0.05) is 11.8 Å². The van der Waals surface area contributed by atoms with Crippen LogP contribution in [-0.2, 0) is 4.74 Å². The lowest BCUT2D eigenvalue weighted by Gasteiger charge is -2.58. The topological polar surface area (TPSA) is 21.6 Å². The van der Waals surface area contributed by atoms with E-state index in [-0.39, 0.29) is 11.1 Å². The van der Waals surface area contributed by atoms with E-state index in [2.05, 4.69) is 20.8 Å². The van der Waals surface area contributed by atoms with Crippen LogP contribution in [0.15, 0.2) is 4.99 Å². The van der Waals surface area contributed by atoms with E-state index in [4.69, 9.17) is 9.73 Å². The molecule has 0 radical (unpaired) electrons. The van der Waals surface area contributed by atoms with Crippen LogP contribution in [-0.4, -0.2) is 22.1 Å². The summed E-state index contributed by atoms with van der Waals surface area (Å²) in [6.07, 6.45) is 7.22. The predicted octanol–water partition coefficient (Wildman–Crippen LogP) is 4.10. The number of ether oxygens (including phenoxy) is 1. The Labute approximate surface area is 120 Å². The highest BCUT2D eigenvalue weighted by atomic mass is 32.2. The van der Waals surface area contributed by atoms with E-state index in [0.29, 0.717) is 0 Å². The summed E-state index contributed by atoms with van der Waals surface area (Å²) in [5.74, 6) is 4.85. The molecular weight excluding hydrogens is 254 g/mol. The van der Waals surface area contributed by atoms with E-state index in [9.17, 15) is 0 Å². The monoisotopic (exact) mass is 279 g/mol. The minimum atomic E-state index is -0.0141. The standard InChI is InChI=1S/C16H25NOS/c1-15(2,3)17-14-18-16(9-19-14)12-5-10-4-11(7-12)8-13(16)6-10/h10-13H,4-9H2,1-3H3. The summed E-state index contributed by atoms with van der Waals surface area (Å²) in [6.45, 7) is 6.48. The number of hydrogen-bond acceptors (Lipinski definition) is 3. The zero-order chi connectivity index (χ0) is 13.3. The molecule has 0 N–H and O–H groups in total. The van der Waals surface area contributed by atoms with Crippen molar-refractivity contribution in [3.63, 3.8) is 0 Å². The molecule has 1 spiro atoms. The summed E-state index contributed by atoms with van der Waals surface area (Å²) in [5, 5.41) is 0.972. The highest BCUT2D eigenvalue weighted by Gasteiger charge is 2.61. The Hall–Kier alpha value is -0.180. The lowest BCUT2D eigenvalue weighted by Crippen LogP contribution is -2.58. The van der Waals surface area contributed by atoms with Crippen molar-refractivity contribution in [2.45, 2.75) is 64.0 Å². The molecule has 4 aliphatic carbocycles. The van der Waals surface area contributed by atoms with Gasteiger partial charge in [-0.2, -0.15) is 0 Å². The summed E-state index contributed by atoms with van der Waals surface area (Å²) in [7, 11) is 0. The quantitative estimate of drug-likeness (QED) is 0.666. The summed E-state index contributed by atoms with van der Waals surface area (Å²) < 4.78 is 6.51. The van der Waals surface area contributed by atoms with Crippen molar-refractivity contribution in [3.8, 4) is 0 Å². The van der Waals surface area contributed by atoms with Gasteiger partial charge in [-0.05, 0) is 64.7 Å². The molecule has 5 aliphatic rings. The summed E-state index contributed by atoms with van der Waals surface area (Å²) in [4.78, 5) is 4.77. The minimum Gasteiger partial charge on any atom is -0.465 e. The van der Waals surface area contributed by atoms with Crippen LogP contribution in [0.3, 0.4) is 0 Å². The lowest BCUT2D eigenvalue weighted by atomic mass is 9.50. The second kappa shape index (κ2) is 3.93. The molecule has 3 heteroatoms. The molecule has 106 valence electrons. The van der Waals surface area contributed by atoms with Crippen LogP contribution in [0.25, 0.3) is 0 Å². The Morgan fingerprint density at radius 2 is 1.63 bits per heavy atom. The van der Waals surface area contributed by atoms with E-state index in [1.54, 1.807) is 0 Å². The van der Waals surface area contributed by atoms with Crippen molar-refractivity contribution in [1.29, 1.82) is 0 Å². The lowest BCUT2D eigenvalue weighted by molar-refractivity contribution is -0.143. The Morgan fingerprint density at radius 1 is 1.05 bits per heavy atom. The Bertz CT molecular complexity index is 395. The number of nitrogens with zero attached hydrogens (tertiary/aromatic N) is 1. The third-order valence-corrected chi connectivity index (χ3v) is 6.66. The van der Waals surface area contributed by atoms with Gasteiger partial charge in [0, 0.05) is 17.6 Å². The first-order valence-electron chi connectivity index (χ1n) is 7.86. The molecule has 0 amide bonds. The van der Waals surface area contributed by atoms with Crippen molar-refractivity contribution in [2.24, 2.45) is 28.7 Å². The second-order valence-electron chi connectivity index (χ2n) is 8.20. The number of rotatable bonds is 0. The first-order valence-corrected chi connectivity index (χ1v) is 8.85. The molecule has 5 rings (SSSR count). The Morgan fingerprint density at radius 3 is 2.16 bits per heavy atom. The third kappa shape index (κ3) is 1.95. The average Bonchev–Trinajstić information content (AvgIpc) is 2.68. The van der Waals surface area contributed by atoms with E-state index in [1.807, 2.05) is 11.8 Å². The first-order chi connectivity index (χ1) is 8.95. The largest absolute Gasteiger partial charge is 0.465 e. The van der Waals surface area contributed by atoms with Crippen LogP contribution < -0.4 is 0 Å².